The molecule has 0 atom stereocenters. The zero-order chi connectivity index (χ0) is 24.3. The number of hydrogen-bond donors (Lipinski definition) is 1. The standard InChI is InChI=1S/C26H35N3O5/c1-5-29-22-19(14-26(16-27-23(22)30)10-12-33-13-11-26)20(28-29)15-25(2,3)17-34-24(31)18-8-6-7-9-21(18)32-4/h6-9H,5,10-17H2,1-4H3,(H,27,30). The number of benzene rings is 1. The van der Waals surface area contributed by atoms with Crippen LogP contribution < -0.4 is 10.1 Å². The van der Waals surface area contributed by atoms with E-state index in [1.54, 1.807) is 18.2 Å². The van der Waals surface area contributed by atoms with Crippen molar-refractivity contribution in [2.45, 2.75) is 53.0 Å². The van der Waals surface area contributed by atoms with Crippen LogP contribution in [0.2, 0.25) is 0 Å². The van der Waals surface area contributed by atoms with Gasteiger partial charge in [0.15, 0.2) is 0 Å². The minimum atomic E-state index is -0.413. The molecule has 3 heterocycles. The number of nitrogens with zero attached hydrogens (tertiary/aromatic N) is 2. The minimum absolute atomic E-state index is 0.00398. The molecule has 0 unspecified atom stereocenters. The Morgan fingerprint density at radius 1 is 1.26 bits per heavy atom. The summed E-state index contributed by atoms with van der Waals surface area (Å²) in [6.45, 7) is 9.05. The van der Waals surface area contributed by atoms with Crippen molar-refractivity contribution < 1.29 is 23.8 Å². The molecule has 0 radical (unpaired) electrons. The van der Waals surface area contributed by atoms with Gasteiger partial charge in [0, 0.05) is 43.7 Å². The molecule has 0 aliphatic carbocycles. The highest BCUT2D eigenvalue weighted by Crippen LogP contribution is 2.39. The number of carbonyl (C=O) groups excluding carboxylic acids is 2. The van der Waals surface area contributed by atoms with Gasteiger partial charge in [-0.15, -0.1) is 0 Å². The number of para-hydroxylation sites is 1. The van der Waals surface area contributed by atoms with Crippen molar-refractivity contribution >= 4 is 11.9 Å². The summed E-state index contributed by atoms with van der Waals surface area (Å²) in [6, 6.07) is 7.04. The average Bonchev–Trinajstić information content (AvgIpc) is 3.10. The van der Waals surface area contributed by atoms with E-state index < -0.39 is 5.97 Å². The first-order valence-corrected chi connectivity index (χ1v) is 12.0. The third-order valence-electron chi connectivity index (χ3n) is 6.94. The van der Waals surface area contributed by atoms with Gasteiger partial charge in [-0.3, -0.25) is 9.48 Å². The Morgan fingerprint density at radius 2 is 2.00 bits per heavy atom. The summed E-state index contributed by atoms with van der Waals surface area (Å²) in [5.41, 5.74) is 2.65. The van der Waals surface area contributed by atoms with Crippen LogP contribution in [0, 0.1) is 10.8 Å². The zero-order valence-electron chi connectivity index (χ0n) is 20.6. The highest BCUT2D eigenvalue weighted by atomic mass is 16.5. The van der Waals surface area contributed by atoms with Crippen LogP contribution in [0.5, 0.6) is 5.75 Å². The Morgan fingerprint density at radius 3 is 2.71 bits per heavy atom. The topological polar surface area (TPSA) is 91.7 Å². The summed E-state index contributed by atoms with van der Waals surface area (Å²) in [4.78, 5) is 25.7. The maximum atomic E-state index is 13.0. The molecule has 2 aliphatic rings. The first-order chi connectivity index (χ1) is 16.3. The molecule has 1 aromatic carbocycles. The average molecular weight is 470 g/mol. The molecule has 1 saturated heterocycles. The summed E-state index contributed by atoms with van der Waals surface area (Å²) in [6.07, 6.45) is 3.24. The number of nitrogens with one attached hydrogen (secondary N) is 1. The fourth-order valence-electron chi connectivity index (χ4n) is 4.96. The van der Waals surface area contributed by atoms with Crippen LogP contribution in [0.1, 0.15) is 65.7 Å². The molecule has 1 N–H and O–H groups in total. The van der Waals surface area contributed by atoms with Crippen molar-refractivity contribution in [3.63, 3.8) is 0 Å². The van der Waals surface area contributed by atoms with E-state index in [9.17, 15) is 9.59 Å². The van der Waals surface area contributed by atoms with Crippen LogP contribution in [-0.4, -0.2) is 55.1 Å². The quantitative estimate of drug-likeness (QED) is 0.625. The monoisotopic (exact) mass is 469 g/mol. The minimum Gasteiger partial charge on any atom is -0.496 e. The predicted octanol–water partition coefficient (Wildman–Crippen LogP) is 3.42. The number of rotatable bonds is 7. The molecule has 1 spiro atoms. The van der Waals surface area contributed by atoms with Crippen molar-refractivity contribution in [3.8, 4) is 5.75 Å². The number of hydrogen-bond acceptors (Lipinski definition) is 6. The molecule has 4 rings (SSSR count). The smallest absolute Gasteiger partial charge is 0.341 e. The molecule has 0 saturated carbocycles. The lowest BCUT2D eigenvalue weighted by molar-refractivity contribution is 0.0159. The SMILES string of the molecule is CCn1nc(CC(C)(C)COC(=O)c2ccccc2OC)c2c1C(=O)NCC1(CCOCC1)C2. The first kappa shape index (κ1) is 24.3. The van der Waals surface area contributed by atoms with Crippen LogP contribution >= 0.6 is 0 Å². The number of methoxy groups -OCH3 is 1. The van der Waals surface area contributed by atoms with E-state index in [4.69, 9.17) is 19.3 Å². The van der Waals surface area contributed by atoms with Gasteiger partial charge in [0.1, 0.15) is 17.0 Å². The van der Waals surface area contributed by atoms with E-state index >= 15 is 0 Å². The van der Waals surface area contributed by atoms with Crippen LogP contribution in [0.3, 0.4) is 0 Å². The van der Waals surface area contributed by atoms with Crippen molar-refractivity contribution in [1.29, 1.82) is 0 Å². The fourth-order valence-corrected chi connectivity index (χ4v) is 4.96. The van der Waals surface area contributed by atoms with E-state index in [2.05, 4.69) is 19.2 Å². The fraction of sp³-hybridized carbons (Fsp3) is 0.577. The largest absolute Gasteiger partial charge is 0.496 e. The molecule has 2 aliphatic heterocycles. The van der Waals surface area contributed by atoms with Gasteiger partial charge in [-0.25, -0.2) is 4.79 Å². The normalized spacial score (nSPS) is 17.6. The molecule has 8 heteroatoms. The molecular formula is C26H35N3O5. The highest BCUT2D eigenvalue weighted by molar-refractivity contribution is 5.95. The van der Waals surface area contributed by atoms with Gasteiger partial charge < -0.3 is 19.5 Å². The molecule has 34 heavy (non-hydrogen) atoms. The number of esters is 1. The van der Waals surface area contributed by atoms with Crippen LogP contribution in [0.4, 0.5) is 0 Å². The number of aryl methyl sites for hydroxylation is 1. The summed E-state index contributed by atoms with van der Waals surface area (Å²) in [5, 5.41) is 7.99. The Labute approximate surface area is 201 Å². The molecule has 1 aromatic heterocycles. The van der Waals surface area contributed by atoms with Crippen molar-refractivity contribution in [3.05, 3.63) is 46.8 Å². The number of aromatic nitrogens is 2. The van der Waals surface area contributed by atoms with Crippen LogP contribution in [0.15, 0.2) is 24.3 Å². The Hall–Kier alpha value is -2.87. The lowest BCUT2D eigenvalue weighted by Crippen LogP contribution is -2.40. The van der Waals surface area contributed by atoms with Gasteiger partial charge >= 0.3 is 5.97 Å². The second kappa shape index (κ2) is 9.78. The lowest BCUT2D eigenvalue weighted by atomic mass is 9.74. The van der Waals surface area contributed by atoms with E-state index in [-0.39, 0.29) is 23.3 Å². The van der Waals surface area contributed by atoms with Gasteiger partial charge in [-0.2, -0.15) is 5.10 Å². The predicted molar refractivity (Wildman–Crippen MR) is 127 cm³/mol. The maximum Gasteiger partial charge on any atom is 0.341 e. The van der Waals surface area contributed by atoms with Gasteiger partial charge in [-0.1, -0.05) is 26.0 Å². The molecule has 1 amide bonds. The van der Waals surface area contributed by atoms with Crippen LogP contribution in [-0.2, 0) is 28.9 Å². The van der Waals surface area contributed by atoms with Crippen LogP contribution in [0.25, 0.3) is 0 Å². The van der Waals surface area contributed by atoms with Crippen molar-refractivity contribution in [2.24, 2.45) is 10.8 Å². The second-order valence-electron chi connectivity index (χ2n) is 10.2. The van der Waals surface area contributed by atoms with E-state index in [0.29, 0.717) is 49.7 Å². The van der Waals surface area contributed by atoms with E-state index in [0.717, 1.165) is 30.5 Å². The second-order valence-corrected chi connectivity index (χ2v) is 10.2. The summed E-state index contributed by atoms with van der Waals surface area (Å²) >= 11 is 0. The van der Waals surface area contributed by atoms with Gasteiger partial charge in [0.25, 0.3) is 5.91 Å². The van der Waals surface area contributed by atoms with Crippen molar-refractivity contribution in [2.75, 3.05) is 33.5 Å². The number of ether oxygens (including phenoxy) is 3. The zero-order valence-corrected chi connectivity index (χ0v) is 20.6. The molecule has 0 bridgehead atoms. The van der Waals surface area contributed by atoms with Crippen molar-refractivity contribution in [1.82, 2.24) is 15.1 Å². The summed E-state index contributed by atoms with van der Waals surface area (Å²) in [5.74, 6) is 0.0217. The maximum absolute atomic E-state index is 13.0. The van der Waals surface area contributed by atoms with Gasteiger partial charge in [0.2, 0.25) is 0 Å². The Bertz CT molecular complexity index is 1050. The Kier molecular flexibility index (Phi) is 6.98. The van der Waals surface area contributed by atoms with Gasteiger partial charge in [0.05, 0.1) is 19.4 Å². The molecule has 1 fully saturated rings. The third kappa shape index (κ3) is 4.97. The first-order valence-electron chi connectivity index (χ1n) is 12.0. The third-order valence-corrected chi connectivity index (χ3v) is 6.94. The molecule has 2 aromatic rings. The Balaban J connectivity index is 1.55. The van der Waals surface area contributed by atoms with E-state index in [1.807, 2.05) is 17.7 Å². The number of carbonyl (C=O) groups is 2. The molecular weight excluding hydrogens is 434 g/mol. The highest BCUT2D eigenvalue weighted by Gasteiger charge is 2.40. The number of fused-ring (bicyclic) bond motifs is 1. The summed E-state index contributed by atoms with van der Waals surface area (Å²) < 4.78 is 18.4. The van der Waals surface area contributed by atoms with Gasteiger partial charge in [-0.05, 0) is 43.7 Å². The molecule has 8 nitrogen and oxygen atoms in total. The summed E-state index contributed by atoms with van der Waals surface area (Å²) in [7, 11) is 1.53. The number of amides is 1. The molecule has 184 valence electrons. The van der Waals surface area contributed by atoms with E-state index in [1.165, 1.54) is 7.11 Å². The lowest BCUT2D eigenvalue weighted by Gasteiger charge is -2.36.